The van der Waals surface area contributed by atoms with Crippen molar-refractivity contribution in [2.45, 2.75) is 76.7 Å². The van der Waals surface area contributed by atoms with E-state index in [9.17, 15) is 27.6 Å². The summed E-state index contributed by atoms with van der Waals surface area (Å²) in [5.74, 6) is -4.35. The minimum atomic E-state index is -4.05. The average molecular weight is 628 g/mol. The number of hydrogen-bond donors (Lipinski definition) is 0. The van der Waals surface area contributed by atoms with Gasteiger partial charge in [-0.2, -0.15) is 8.42 Å². The molecule has 0 N–H and O–H groups in total. The number of ketones is 1. The summed E-state index contributed by atoms with van der Waals surface area (Å²) in [5.41, 5.74) is -2.80. The second-order valence-electron chi connectivity index (χ2n) is 10.8. The first kappa shape index (κ1) is 32.6. The van der Waals surface area contributed by atoms with E-state index in [2.05, 4.69) is 14.8 Å². The summed E-state index contributed by atoms with van der Waals surface area (Å²) in [7, 11) is 0.987. The first-order valence-electron chi connectivity index (χ1n) is 12.2. The lowest BCUT2D eigenvalue weighted by Gasteiger charge is -2.50. The van der Waals surface area contributed by atoms with Crippen molar-refractivity contribution in [2.24, 2.45) is 11.1 Å². The molecule has 0 aliphatic carbocycles. The van der Waals surface area contributed by atoms with E-state index in [-0.39, 0.29) is 23.6 Å². The number of ether oxygens (including phenoxy) is 1. The van der Waals surface area contributed by atoms with Crippen LogP contribution in [0, 0.1) is 12.8 Å². The Balaban J connectivity index is 1.89. The van der Waals surface area contributed by atoms with Crippen molar-refractivity contribution < 1.29 is 46.0 Å². The molecule has 1 amide bonds. The van der Waals surface area contributed by atoms with Gasteiger partial charge in [-0.05, 0) is 48.5 Å². The molecule has 2 radical (unpaired) electrons. The van der Waals surface area contributed by atoms with Gasteiger partial charge in [0, 0.05) is 11.8 Å². The molecule has 1 saturated heterocycles. The summed E-state index contributed by atoms with van der Waals surface area (Å²) in [5, 5.41) is 4.77. The molecule has 2 aliphatic heterocycles. The predicted molar refractivity (Wildman–Crippen MR) is 150 cm³/mol. The van der Waals surface area contributed by atoms with Crippen LogP contribution in [0.1, 0.15) is 58.7 Å². The molecule has 3 heterocycles. The molecule has 1 aromatic heterocycles. The third kappa shape index (κ3) is 7.49. The zero-order valence-corrected chi connectivity index (χ0v) is 26.2. The second-order valence-corrected chi connectivity index (χ2v) is 14.9. The van der Waals surface area contributed by atoms with Gasteiger partial charge in [0.05, 0.1) is 27.8 Å². The lowest BCUT2D eigenvalue weighted by atomic mass is 9.89. The molecule has 222 valence electrons. The monoisotopic (exact) mass is 627 g/mol. The number of amides is 1. The van der Waals surface area contributed by atoms with E-state index >= 15 is 0 Å². The van der Waals surface area contributed by atoms with Gasteiger partial charge in [0.1, 0.15) is 11.3 Å². The maximum Gasteiger partial charge on any atom is 0.378 e. The molecule has 41 heavy (non-hydrogen) atoms. The molecule has 0 unspecified atom stereocenters. The normalized spacial score (nSPS) is 21.6. The minimum absolute atomic E-state index is 0.196. The fraction of sp³-hybridized carbons (Fsp3) is 0.583. The molecule has 1 aromatic rings. The molecule has 1 fully saturated rings. The van der Waals surface area contributed by atoms with Crippen LogP contribution in [-0.2, 0) is 47.7 Å². The molecular formula is C24H30BN3O10S3. The maximum absolute atomic E-state index is 13.5. The Bertz CT molecular complexity index is 1430. The van der Waals surface area contributed by atoms with E-state index in [0.29, 0.717) is 5.01 Å². The summed E-state index contributed by atoms with van der Waals surface area (Å²) < 4.78 is 38.2. The SMILES string of the molecule is [B]OC(=O)C1=C(OS(C)(=O)=O)[C@H](C)S[C@@H]2[C@H](CC(=O)/C(=N\OC(C)(C)C(=O)OC(C)(C)C)c3csc(C)n3)C(=O)N12. The lowest BCUT2D eigenvalue weighted by Crippen LogP contribution is -2.63. The minimum Gasteiger partial charge on any atom is -0.539 e. The quantitative estimate of drug-likeness (QED) is 0.0925. The number of aryl methyl sites for hydroxylation is 1. The number of oxime groups is 1. The first-order chi connectivity index (χ1) is 18.8. The molecule has 17 heteroatoms. The molecule has 13 nitrogen and oxygen atoms in total. The van der Waals surface area contributed by atoms with E-state index in [4.69, 9.17) is 21.8 Å². The zero-order valence-electron chi connectivity index (χ0n) is 23.7. The molecule has 0 bridgehead atoms. The summed E-state index contributed by atoms with van der Waals surface area (Å²) >= 11 is 2.38. The van der Waals surface area contributed by atoms with Crippen molar-refractivity contribution in [2.75, 3.05) is 6.26 Å². The Morgan fingerprint density at radius 2 is 1.83 bits per heavy atom. The van der Waals surface area contributed by atoms with Gasteiger partial charge < -0.3 is 18.4 Å². The summed E-state index contributed by atoms with van der Waals surface area (Å²) in [6.45, 7) is 11.3. The van der Waals surface area contributed by atoms with Gasteiger partial charge in [-0.3, -0.25) is 14.5 Å². The maximum atomic E-state index is 13.5. The predicted octanol–water partition coefficient (Wildman–Crippen LogP) is 1.99. The van der Waals surface area contributed by atoms with Crippen LogP contribution in [-0.4, -0.2) is 83.8 Å². The summed E-state index contributed by atoms with van der Waals surface area (Å²) in [6, 6.07) is 0. The second kappa shape index (κ2) is 11.8. The summed E-state index contributed by atoms with van der Waals surface area (Å²) in [4.78, 5) is 62.6. The Morgan fingerprint density at radius 1 is 1.20 bits per heavy atom. The standard InChI is InChI=1S/C24H30BN3O10S3/c1-11-18(37-41(8,33)34)17(21(31)36-25)28-19(30)13(20(28)40-11)9-15(29)16(14-10-39-12(2)26-14)27-38-24(6,7)22(32)35-23(3,4)5/h10-11,13,20H,9H2,1-8H3/b27-16-/t11-,13+,20+/m0/s1. The van der Waals surface area contributed by atoms with Crippen molar-refractivity contribution in [3.05, 3.63) is 27.5 Å². The number of thiazole rings is 1. The third-order valence-electron chi connectivity index (χ3n) is 5.67. The molecule has 0 aromatic carbocycles. The van der Waals surface area contributed by atoms with Crippen LogP contribution in [0.5, 0.6) is 0 Å². The Kier molecular flexibility index (Phi) is 9.35. The van der Waals surface area contributed by atoms with Gasteiger partial charge in [0.25, 0.3) is 0 Å². The van der Waals surface area contributed by atoms with E-state index in [0.717, 1.165) is 22.9 Å². The van der Waals surface area contributed by atoms with Crippen LogP contribution in [0.2, 0.25) is 0 Å². The van der Waals surface area contributed by atoms with Crippen molar-refractivity contribution in [3.8, 4) is 0 Å². The molecule has 3 rings (SSSR count). The van der Waals surface area contributed by atoms with Crippen LogP contribution in [0.4, 0.5) is 0 Å². The van der Waals surface area contributed by atoms with E-state index in [1.165, 1.54) is 25.2 Å². The van der Waals surface area contributed by atoms with Crippen LogP contribution in [0.3, 0.4) is 0 Å². The highest BCUT2D eigenvalue weighted by molar-refractivity contribution is 8.00. The fourth-order valence-corrected chi connectivity index (χ4v) is 6.46. The van der Waals surface area contributed by atoms with Gasteiger partial charge in [-0.1, -0.05) is 5.16 Å². The Morgan fingerprint density at radius 3 is 2.34 bits per heavy atom. The fourth-order valence-electron chi connectivity index (χ4n) is 3.82. The van der Waals surface area contributed by atoms with Crippen molar-refractivity contribution in [3.63, 3.8) is 0 Å². The Labute approximate surface area is 247 Å². The molecule has 0 spiro atoms. The molecule has 0 saturated carbocycles. The van der Waals surface area contributed by atoms with Gasteiger partial charge >= 0.3 is 30.1 Å². The number of nitrogens with zero attached hydrogens (tertiary/aromatic N) is 3. The van der Waals surface area contributed by atoms with Crippen LogP contribution >= 0.6 is 23.1 Å². The number of carbonyl (C=O) groups is 4. The first-order valence-corrected chi connectivity index (χ1v) is 15.9. The highest BCUT2D eigenvalue weighted by Gasteiger charge is 2.56. The van der Waals surface area contributed by atoms with Crippen molar-refractivity contribution >= 4 is 70.6 Å². The van der Waals surface area contributed by atoms with Crippen LogP contribution < -0.4 is 0 Å². The highest BCUT2D eigenvalue weighted by atomic mass is 32.2. The van der Waals surface area contributed by atoms with Crippen molar-refractivity contribution in [1.29, 1.82) is 0 Å². The molecular weight excluding hydrogens is 597 g/mol. The number of β-lactam (4-membered cyclic amide) rings is 1. The number of thioether (sulfide) groups is 1. The lowest BCUT2D eigenvalue weighted by molar-refractivity contribution is -0.179. The van der Waals surface area contributed by atoms with E-state index in [1.807, 2.05) is 0 Å². The summed E-state index contributed by atoms with van der Waals surface area (Å²) in [6.07, 6.45) is 0.445. The van der Waals surface area contributed by atoms with Crippen LogP contribution in [0.15, 0.2) is 22.0 Å². The third-order valence-corrected chi connectivity index (χ3v) is 8.36. The van der Waals surface area contributed by atoms with E-state index < -0.39 is 67.2 Å². The van der Waals surface area contributed by atoms with Crippen LogP contribution in [0.25, 0.3) is 0 Å². The topological polar surface area (TPSA) is 168 Å². The number of Topliss-reactive ketones (excluding diaryl/α,β-unsaturated/α-hetero) is 1. The van der Waals surface area contributed by atoms with Gasteiger partial charge in [0.15, 0.2) is 23.0 Å². The largest absolute Gasteiger partial charge is 0.539 e. The number of rotatable bonds is 10. The average Bonchev–Trinajstić information content (AvgIpc) is 3.26. The van der Waals surface area contributed by atoms with Gasteiger partial charge in [0.2, 0.25) is 11.5 Å². The smallest absolute Gasteiger partial charge is 0.378 e. The number of esters is 1. The number of aromatic nitrogens is 1. The van der Waals surface area contributed by atoms with Gasteiger partial charge in [-0.15, -0.1) is 23.1 Å². The number of fused-ring (bicyclic) bond motifs is 1. The van der Waals surface area contributed by atoms with Crippen molar-refractivity contribution in [1.82, 2.24) is 9.88 Å². The zero-order chi connectivity index (χ0) is 31.1. The van der Waals surface area contributed by atoms with Gasteiger partial charge in [-0.25, -0.2) is 14.6 Å². The highest BCUT2D eigenvalue weighted by Crippen LogP contribution is 2.49. The Hall–Kier alpha value is -2.92. The number of hydrogen-bond acceptors (Lipinski definition) is 14. The van der Waals surface area contributed by atoms with E-state index in [1.54, 1.807) is 40.0 Å². The number of carbonyl (C=O) groups excluding carboxylic acids is 4. The molecule has 2 aliphatic rings. The molecule has 3 atom stereocenters.